The van der Waals surface area contributed by atoms with Crippen LogP contribution < -0.4 is 0 Å². The Hall–Kier alpha value is -2.06. The Kier molecular flexibility index (Phi) is 6.85. The fraction of sp³-hybridized carbons (Fsp3) is 0.333. The van der Waals surface area contributed by atoms with E-state index in [4.69, 9.17) is 28.9 Å². The molecule has 3 aromatic rings. The molecule has 1 unspecified atom stereocenters. The standard InChI is InChI=1S/C21H25ClFN5S/c1-15(25(2)3)20-24-27(14-26(4)13-16-5-7-17(22)8-6-16)21(29)28(20)19-11-9-18(23)10-12-19/h5-12,15H,13-14H2,1-4H3. The summed E-state index contributed by atoms with van der Waals surface area (Å²) in [6.07, 6.45) is 0. The fourth-order valence-electron chi connectivity index (χ4n) is 3.03. The summed E-state index contributed by atoms with van der Waals surface area (Å²) in [6, 6.07) is 14.1. The van der Waals surface area contributed by atoms with Gasteiger partial charge >= 0.3 is 0 Å². The van der Waals surface area contributed by atoms with Crippen molar-refractivity contribution in [1.29, 1.82) is 0 Å². The Balaban J connectivity index is 1.92. The van der Waals surface area contributed by atoms with E-state index in [1.165, 1.54) is 12.1 Å². The van der Waals surface area contributed by atoms with Gasteiger partial charge in [-0.3, -0.25) is 14.4 Å². The Morgan fingerprint density at radius 2 is 1.69 bits per heavy atom. The van der Waals surface area contributed by atoms with Crippen molar-refractivity contribution in [3.05, 3.63) is 75.5 Å². The number of hydrogen-bond acceptors (Lipinski definition) is 4. The molecular weight excluding hydrogens is 409 g/mol. The molecule has 0 saturated heterocycles. The van der Waals surface area contributed by atoms with Crippen molar-refractivity contribution >= 4 is 23.8 Å². The van der Waals surface area contributed by atoms with E-state index in [0.29, 0.717) is 11.4 Å². The van der Waals surface area contributed by atoms with Crippen molar-refractivity contribution in [3.8, 4) is 5.69 Å². The fourth-order valence-corrected chi connectivity index (χ4v) is 3.45. The van der Waals surface area contributed by atoms with Gasteiger partial charge in [0.05, 0.1) is 12.7 Å². The molecule has 0 spiro atoms. The van der Waals surface area contributed by atoms with Crippen molar-refractivity contribution in [2.45, 2.75) is 26.2 Å². The highest BCUT2D eigenvalue weighted by Gasteiger charge is 2.20. The maximum atomic E-state index is 13.4. The molecule has 0 amide bonds. The average Bonchev–Trinajstić information content (AvgIpc) is 2.99. The number of hydrogen-bond donors (Lipinski definition) is 0. The topological polar surface area (TPSA) is 29.2 Å². The second-order valence-electron chi connectivity index (χ2n) is 7.37. The molecule has 1 aromatic heterocycles. The van der Waals surface area contributed by atoms with Gasteiger partial charge in [-0.25, -0.2) is 9.07 Å². The highest BCUT2D eigenvalue weighted by Crippen LogP contribution is 2.22. The molecule has 0 aliphatic rings. The van der Waals surface area contributed by atoms with E-state index >= 15 is 0 Å². The summed E-state index contributed by atoms with van der Waals surface area (Å²) in [4.78, 5) is 4.20. The lowest BCUT2D eigenvalue weighted by Crippen LogP contribution is -2.23. The molecule has 2 aromatic carbocycles. The van der Waals surface area contributed by atoms with Crippen LogP contribution in [0.1, 0.15) is 24.4 Å². The minimum absolute atomic E-state index is 0.0320. The van der Waals surface area contributed by atoms with Crippen LogP contribution in [0.15, 0.2) is 48.5 Å². The number of aromatic nitrogens is 3. The zero-order valence-corrected chi connectivity index (χ0v) is 18.6. The van der Waals surface area contributed by atoms with Crippen LogP contribution in [0, 0.1) is 10.6 Å². The molecule has 3 rings (SSSR count). The molecule has 0 fully saturated rings. The van der Waals surface area contributed by atoms with Gasteiger partial charge in [0.15, 0.2) is 5.82 Å². The first-order chi connectivity index (χ1) is 13.8. The molecule has 0 aliphatic carbocycles. The molecule has 29 heavy (non-hydrogen) atoms. The van der Waals surface area contributed by atoms with Gasteiger partial charge in [-0.05, 0) is 82.2 Å². The normalized spacial score (nSPS) is 12.7. The molecule has 154 valence electrons. The van der Waals surface area contributed by atoms with Gasteiger partial charge < -0.3 is 0 Å². The molecule has 0 aliphatic heterocycles. The van der Waals surface area contributed by atoms with E-state index in [1.807, 2.05) is 54.7 Å². The van der Waals surface area contributed by atoms with Gasteiger partial charge in [0.2, 0.25) is 4.77 Å². The first-order valence-corrected chi connectivity index (χ1v) is 10.1. The quantitative estimate of drug-likeness (QED) is 0.495. The summed E-state index contributed by atoms with van der Waals surface area (Å²) < 4.78 is 17.7. The largest absolute Gasteiger partial charge is 0.300 e. The predicted molar refractivity (Wildman–Crippen MR) is 117 cm³/mol. The zero-order valence-electron chi connectivity index (χ0n) is 17.0. The van der Waals surface area contributed by atoms with Crippen LogP contribution in [0.3, 0.4) is 0 Å². The molecule has 0 radical (unpaired) electrons. The first-order valence-electron chi connectivity index (χ1n) is 9.31. The lowest BCUT2D eigenvalue weighted by Gasteiger charge is -2.19. The maximum Gasteiger partial charge on any atom is 0.203 e. The predicted octanol–water partition coefficient (Wildman–Crippen LogP) is 4.91. The molecular formula is C21H25ClFN5S. The van der Waals surface area contributed by atoms with Crippen LogP contribution in [-0.2, 0) is 13.2 Å². The van der Waals surface area contributed by atoms with Gasteiger partial charge in [0.25, 0.3) is 0 Å². The van der Waals surface area contributed by atoms with E-state index in [2.05, 4.69) is 16.7 Å². The SMILES string of the molecule is CC(c1nn(CN(C)Cc2ccc(Cl)cc2)c(=S)n1-c1ccc(F)cc1)N(C)C. The third-order valence-corrected chi connectivity index (χ3v) is 5.48. The maximum absolute atomic E-state index is 13.4. The zero-order chi connectivity index (χ0) is 21.1. The number of nitrogens with zero attached hydrogens (tertiary/aromatic N) is 5. The third kappa shape index (κ3) is 5.11. The van der Waals surface area contributed by atoms with E-state index in [0.717, 1.165) is 28.6 Å². The summed E-state index contributed by atoms with van der Waals surface area (Å²) in [7, 11) is 6.01. The van der Waals surface area contributed by atoms with Crippen LogP contribution in [0.5, 0.6) is 0 Å². The first kappa shape index (κ1) is 21.6. The number of rotatable bonds is 7. The van der Waals surface area contributed by atoms with Crippen molar-refractivity contribution in [1.82, 2.24) is 24.1 Å². The van der Waals surface area contributed by atoms with E-state index in [1.54, 1.807) is 12.1 Å². The third-order valence-electron chi connectivity index (χ3n) is 4.84. The lowest BCUT2D eigenvalue weighted by atomic mass is 10.2. The van der Waals surface area contributed by atoms with Gasteiger partial charge in [-0.2, -0.15) is 5.10 Å². The highest BCUT2D eigenvalue weighted by atomic mass is 35.5. The smallest absolute Gasteiger partial charge is 0.203 e. The van der Waals surface area contributed by atoms with Crippen molar-refractivity contribution in [3.63, 3.8) is 0 Å². The summed E-state index contributed by atoms with van der Waals surface area (Å²) >= 11 is 11.7. The molecule has 1 atom stereocenters. The minimum atomic E-state index is -0.280. The van der Waals surface area contributed by atoms with Crippen LogP contribution >= 0.6 is 23.8 Å². The Labute approximate surface area is 180 Å². The summed E-state index contributed by atoms with van der Waals surface area (Å²) in [5.41, 5.74) is 1.95. The van der Waals surface area contributed by atoms with Crippen molar-refractivity contribution < 1.29 is 4.39 Å². The van der Waals surface area contributed by atoms with Crippen molar-refractivity contribution in [2.24, 2.45) is 0 Å². The van der Waals surface area contributed by atoms with Gasteiger partial charge in [-0.1, -0.05) is 23.7 Å². The average molecular weight is 434 g/mol. The lowest BCUT2D eigenvalue weighted by molar-refractivity contribution is 0.241. The van der Waals surface area contributed by atoms with E-state index in [-0.39, 0.29) is 11.9 Å². The molecule has 0 bridgehead atoms. The number of halogens is 2. The van der Waals surface area contributed by atoms with Gasteiger partial charge in [-0.15, -0.1) is 0 Å². The second kappa shape index (κ2) is 9.17. The Morgan fingerprint density at radius 1 is 1.07 bits per heavy atom. The minimum Gasteiger partial charge on any atom is -0.300 e. The van der Waals surface area contributed by atoms with E-state index in [9.17, 15) is 4.39 Å². The molecule has 8 heteroatoms. The second-order valence-corrected chi connectivity index (χ2v) is 8.18. The number of benzene rings is 2. The van der Waals surface area contributed by atoms with E-state index < -0.39 is 0 Å². The summed E-state index contributed by atoms with van der Waals surface area (Å²) in [6.45, 7) is 3.34. The molecule has 0 saturated carbocycles. The monoisotopic (exact) mass is 433 g/mol. The van der Waals surface area contributed by atoms with Crippen LogP contribution in [0.25, 0.3) is 5.69 Å². The Morgan fingerprint density at radius 3 is 2.28 bits per heavy atom. The van der Waals surface area contributed by atoms with Crippen LogP contribution in [0.4, 0.5) is 4.39 Å². The summed E-state index contributed by atoms with van der Waals surface area (Å²) in [5, 5.41) is 5.52. The van der Waals surface area contributed by atoms with Crippen LogP contribution in [0.2, 0.25) is 5.02 Å². The van der Waals surface area contributed by atoms with Gasteiger partial charge in [0, 0.05) is 17.3 Å². The van der Waals surface area contributed by atoms with Crippen LogP contribution in [-0.4, -0.2) is 45.3 Å². The Bertz CT molecular complexity index is 1010. The molecule has 5 nitrogen and oxygen atoms in total. The van der Waals surface area contributed by atoms with Gasteiger partial charge in [0.1, 0.15) is 5.82 Å². The molecule has 0 N–H and O–H groups in total. The molecule has 1 heterocycles. The van der Waals surface area contributed by atoms with Crippen molar-refractivity contribution in [2.75, 3.05) is 21.1 Å². The summed E-state index contributed by atoms with van der Waals surface area (Å²) in [5.74, 6) is 0.532. The highest BCUT2D eigenvalue weighted by molar-refractivity contribution is 7.71.